The van der Waals surface area contributed by atoms with Crippen LogP contribution in [0.1, 0.15) is 0 Å². The lowest BCUT2D eigenvalue weighted by molar-refractivity contribution is 0.888. The molecule has 0 saturated carbocycles. The molecule has 148 valence electrons. The number of hydrogen-bond donors (Lipinski definition) is 0. The van der Waals surface area contributed by atoms with Crippen LogP contribution in [-0.4, -0.2) is 25.5 Å². The summed E-state index contributed by atoms with van der Waals surface area (Å²) in [4.78, 5) is 4.88. The van der Waals surface area contributed by atoms with E-state index in [0.717, 1.165) is 39.2 Å². The number of rotatable bonds is 5. The number of hydrogen-bond acceptors (Lipinski definition) is 5. The van der Waals surface area contributed by atoms with E-state index in [-0.39, 0.29) is 0 Å². The fourth-order valence-electron chi connectivity index (χ4n) is 3.56. The molecular weight excluding hydrogens is 402 g/mol. The van der Waals surface area contributed by atoms with Gasteiger partial charge < -0.3 is 0 Å². The quantitative estimate of drug-likeness (QED) is 0.339. The van der Waals surface area contributed by atoms with E-state index in [1.807, 2.05) is 71.3 Å². The van der Waals surface area contributed by atoms with Crippen LogP contribution in [0.2, 0.25) is 0 Å². The summed E-state index contributed by atoms with van der Waals surface area (Å²) in [5.41, 5.74) is 4.71. The molecule has 5 nitrogen and oxygen atoms in total. The fourth-order valence-corrected chi connectivity index (χ4v) is 4.17. The molecule has 0 bridgehead atoms. The Kier molecular flexibility index (Phi) is 5.17. The van der Waals surface area contributed by atoms with Crippen molar-refractivity contribution < 1.29 is 0 Å². The molecule has 5 aromatic rings. The summed E-state index contributed by atoms with van der Waals surface area (Å²) in [6, 6.07) is 32.4. The van der Waals surface area contributed by atoms with Crippen molar-refractivity contribution >= 4 is 22.7 Å². The number of fused-ring (bicyclic) bond motifs is 1. The first-order chi connectivity index (χ1) is 15.3. The van der Waals surface area contributed by atoms with Crippen LogP contribution in [0, 0.1) is 11.3 Å². The fraction of sp³-hybridized carbons (Fsp3) is 0.0400. The van der Waals surface area contributed by atoms with Crippen molar-refractivity contribution in [1.29, 1.82) is 5.26 Å². The maximum absolute atomic E-state index is 9.08. The van der Waals surface area contributed by atoms with E-state index in [2.05, 4.69) is 40.5 Å². The Bertz CT molecular complexity index is 1390. The SMILES string of the molecule is N#CCSc1nnc(-c2cc(-c3ccccc3)nc3ccccc23)n1-c1ccccc1. The van der Waals surface area contributed by atoms with Gasteiger partial charge >= 0.3 is 0 Å². The van der Waals surface area contributed by atoms with E-state index in [1.165, 1.54) is 11.8 Å². The van der Waals surface area contributed by atoms with E-state index in [0.29, 0.717) is 10.9 Å². The van der Waals surface area contributed by atoms with Crippen LogP contribution in [0.4, 0.5) is 0 Å². The Balaban J connectivity index is 1.78. The molecule has 0 unspecified atom stereocenters. The smallest absolute Gasteiger partial charge is 0.197 e. The van der Waals surface area contributed by atoms with Crippen molar-refractivity contribution in [3.05, 3.63) is 91.0 Å². The predicted octanol–water partition coefficient (Wildman–Crippen LogP) is 5.77. The number of pyridine rings is 1. The Morgan fingerprint density at radius 3 is 2.32 bits per heavy atom. The summed E-state index contributed by atoms with van der Waals surface area (Å²) in [7, 11) is 0. The molecule has 6 heteroatoms. The minimum Gasteiger partial charge on any atom is -0.270 e. The molecule has 5 rings (SSSR count). The summed E-state index contributed by atoms with van der Waals surface area (Å²) in [5, 5.41) is 19.7. The minimum atomic E-state index is 0.303. The molecule has 2 heterocycles. The zero-order chi connectivity index (χ0) is 21.0. The molecule has 0 amide bonds. The van der Waals surface area contributed by atoms with Crippen molar-refractivity contribution in [1.82, 2.24) is 19.7 Å². The van der Waals surface area contributed by atoms with Gasteiger partial charge in [-0.05, 0) is 24.3 Å². The minimum absolute atomic E-state index is 0.303. The highest BCUT2D eigenvalue weighted by molar-refractivity contribution is 7.99. The highest BCUT2D eigenvalue weighted by Gasteiger charge is 2.19. The third kappa shape index (κ3) is 3.67. The first-order valence-corrected chi connectivity index (χ1v) is 10.8. The second-order valence-corrected chi connectivity index (χ2v) is 7.80. The number of thioether (sulfide) groups is 1. The maximum atomic E-state index is 9.08. The highest BCUT2D eigenvalue weighted by Crippen LogP contribution is 2.34. The summed E-state index contributed by atoms with van der Waals surface area (Å²) < 4.78 is 2.01. The topological polar surface area (TPSA) is 67.4 Å². The summed E-state index contributed by atoms with van der Waals surface area (Å²) in [5.74, 6) is 1.03. The third-order valence-corrected chi connectivity index (χ3v) is 5.74. The number of para-hydroxylation sites is 2. The van der Waals surface area contributed by atoms with E-state index < -0.39 is 0 Å². The van der Waals surface area contributed by atoms with Gasteiger partial charge in [-0.15, -0.1) is 10.2 Å². The second kappa shape index (κ2) is 8.42. The van der Waals surface area contributed by atoms with Crippen molar-refractivity contribution in [2.45, 2.75) is 5.16 Å². The second-order valence-electron chi connectivity index (χ2n) is 6.86. The van der Waals surface area contributed by atoms with Crippen LogP contribution in [0.3, 0.4) is 0 Å². The molecule has 0 radical (unpaired) electrons. The molecule has 0 saturated heterocycles. The van der Waals surface area contributed by atoms with Gasteiger partial charge in [0.1, 0.15) is 0 Å². The molecule has 0 atom stereocenters. The van der Waals surface area contributed by atoms with Gasteiger partial charge in [0, 0.05) is 22.2 Å². The lowest BCUT2D eigenvalue weighted by Gasteiger charge is -2.13. The van der Waals surface area contributed by atoms with Crippen molar-refractivity contribution in [3.63, 3.8) is 0 Å². The van der Waals surface area contributed by atoms with Gasteiger partial charge in [-0.2, -0.15) is 5.26 Å². The van der Waals surface area contributed by atoms with Crippen molar-refractivity contribution in [3.8, 4) is 34.4 Å². The number of nitrogens with zero attached hydrogens (tertiary/aromatic N) is 5. The van der Waals surface area contributed by atoms with E-state index >= 15 is 0 Å². The molecule has 0 aliphatic heterocycles. The van der Waals surface area contributed by atoms with Crippen LogP contribution >= 0.6 is 11.8 Å². The maximum Gasteiger partial charge on any atom is 0.197 e. The molecule has 0 aliphatic carbocycles. The molecule has 3 aromatic carbocycles. The molecule has 31 heavy (non-hydrogen) atoms. The molecule has 0 N–H and O–H groups in total. The van der Waals surface area contributed by atoms with E-state index in [4.69, 9.17) is 10.2 Å². The van der Waals surface area contributed by atoms with Crippen LogP contribution in [0.25, 0.3) is 39.2 Å². The van der Waals surface area contributed by atoms with Crippen molar-refractivity contribution in [2.75, 3.05) is 5.75 Å². The zero-order valence-electron chi connectivity index (χ0n) is 16.5. The van der Waals surface area contributed by atoms with Gasteiger partial charge in [0.25, 0.3) is 0 Å². The van der Waals surface area contributed by atoms with E-state index in [9.17, 15) is 0 Å². The molecule has 0 fully saturated rings. The zero-order valence-corrected chi connectivity index (χ0v) is 17.3. The largest absolute Gasteiger partial charge is 0.270 e. The van der Waals surface area contributed by atoms with Crippen LogP contribution < -0.4 is 0 Å². The predicted molar refractivity (Wildman–Crippen MR) is 124 cm³/mol. The normalized spacial score (nSPS) is 10.8. The van der Waals surface area contributed by atoms with Gasteiger partial charge in [0.05, 0.1) is 23.0 Å². The van der Waals surface area contributed by atoms with Gasteiger partial charge in [0.15, 0.2) is 11.0 Å². The number of nitriles is 1. The lowest BCUT2D eigenvalue weighted by atomic mass is 10.0. The average molecular weight is 420 g/mol. The standard InChI is InChI=1S/C25H17N5S/c26-15-16-31-25-29-28-24(30(25)19-11-5-2-6-12-19)21-17-23(18-9-3-1-4-10-18)27-22-14-8-7-13-20(21)22/h1-14,17H,16H2. The van der Waals surface area contributed by atoms with Crippen LogP contribution in [0.5, 0.6) is 0 Å². The van der Waals surface area contributed by atoms with Gasteiger partial charge in [-0.25, -0.2) is 4.98 Å². The Labute approximate surface area is 184 Å². The van der Waals surface area contributed by atoms with Gasteiger partial charge in [-0.3, -0.25) is 4.57 Å². The first kappa shape index (κ1) is 19.0. The van der Waals surface area contributed by atoms with Crippen molar-refractivity contribution in [2.24, 2.45) is 0 Å². The average Bonchev–Trinajstić information content (AvgIpc) is 3.27. The van der Waals surface area contributed by atoms with Crippen LogP contribution in [0.15, 0.2) is 96.2 Å². The summed E-state index contributed by atoms with van der Waals surface area (Å²) in [6.45, 7) is 0. The molecule has 2 aromatic heterocycles. The monoisotopic (exact) mass is 419 g/mol. The molecule has 0 spiro atoms. The lowest BCUT2D eigenvalue weighted by Crippen LogP contribution is -2.01. The Hall–Kier alpha value is -3.95. The van der Waals surface area contributed by atoms with Gasteiger partial charge in [-0.1, -0.05) is 78.5 Å². The molecular formula is C25H17N5S. The summed E-state index contributed by atoms with van der Waals surface area (Å²) in [6.07, 6.45) is 0. The van der Waals surface area contributed by atoms with Crippen LogP contribution in [-0.2, 0) is 0 Å². The number of benzene rings is 3. The van der Waals surface area contributed by atoms with Gasteiger partial charge in [0.2, 0.25) is 0 Å². The number of aromatic nitrogens is 4. The summed E-state index contributed by atoms with van der Waals surface area (Å²) >= 11 is 1.38. The van der Waals surface area contributed by atoms with E-state index in [1.54, 1.807) is 0 Å². The highest BCUT2D eigenvalue weighted by atomic mass is 32.2. The Morgan fingerprint density at radius 1 is 0.839 bits per heavy atom. The first-order valence-electron chi connectivity index (χ1n) is 9.81. The third-order valence-electron chi connectivity index (χ3n) is 4.94. The molecule has 0 aliphatic rings. The Morgan fingerprint density at radius 2 is 1.55 bits per heavy atom.